The summed E-state index contributed by atoms with van der Waals surface area (Å²) in [5.41, 5.74) is 2.02. The zero-order valence-corrected chi connectivity index (χ0v) is 8.62. The van der Waals surface area contributed by atoms with E-state index in [0.29, 0.717) is 13.2 Å². The molecule has 0 aromatic rings. The van der Waals surface area contributed by atoms with Crippen LogP contribution in [0.5, 0.6) is 0 Å². The highest BCUT2D eigenvalue weighted by molar-refractivity contribution is 5.80. The van der Waals surface area contributed by atoms with E-state index in [9.17, 15) is 4.79 Å². The lowest BCUT2D eigenvalue weighted by atomic mass is 10.3. The van der Waals surface area contributed by atoms with Gasteiger partial charge in [-0.05, 0) is 6.42 Å². The molecule has 0 aromatic heterocycles. The normalized spacial score (nSPS) is 12.5. The number of amides is 1. The number of hydrazine groups is 1. The molecule has 14 heavy (non-hydrogen) atoms. The molecule has 1 atom stereocenters. The van der Waals surface area contributed by atoms with Gasteiger partial charge in [-0.3, -0.25) is 10.2 Å². The van der Waals surface area contributed by atoms with Gasteiger partial charge in [-0.15, -0.1) is 0 Å². The predicted octanol–water partition coefficient (Wildman–Crippen LogP) is -0.956. The first-order chi connectivity index (χ1) is 6.76. The fourth-order valence-corrected chi connectivity index (χ4v) is 0.873. The molecule has 84 valence electrons. The molecule has 0 saturated carbocycles. The van der Waals surface area contributed by atoms with Crippen molar-refractivity contribution in [1.29, 1.82) is 0 Å². The minimum atomic E-state index is -0.651. The fourth-order valence-electron chi connectivity index (χ4n) is 0.873. The first-order valence-corrected chi connectivity index (χ1v) is 4.36. The van der Waals surface area contributed by atoms with E-state index in [1.54, 1.807) is 7.11 Å². The van der Waals surface area contributed by atoms with E-state index >= 15 is 0 Å². The standard InChI is InChI=1S/C8H18N2O4/c1-12-4-3-5-14-7(6-13-2)8(11)10-9/h7H,3-6,9H2,1-2H3,(H,10,11). The highest BCUT2D eigenvalue weighted by Crippen LogP contribution is 1.95. The molecule has 0 bridgehead atoms. The summed E-state index contributed by atoms with van der Waals surface area (Å²) in [6, 6.07) is 0. The Morgan fingerprint density at radius 2 is 2.07 bits per heavy atom. The Morgan fingerprint density at radius 3 is 2.57 bits per heavy atom. The Bertz CT molecular complexity index is 154. The van der Waals surface area contributed by atoms with Crippen LogP contribution in [-0.2, 0) is 19.0 Å². The van der Waals surface area contributed by atoms with Crippen LogP contribution in [0.3, 0.4) is 0 Å². The van der Waals surface area contributed by atoms with Gasteiger partial charge in [0.05, 0.1) is 6.61 Å². The average Bonchev–Trinajstić information content (AvgIpc) is 2.21. The number of nitrogens with one attached hydrogen (secondary N) is 1. The van der Waals surface area contributed by atoms with E-state index in [0.717, 1.165) is 6.42 Å². The quantitative estimate of drug-likeness (QED) is 0.231. The van der Waals surface area contributed by atoms with Crippen LogP contribution in [0.15, 0.2) is 0 Å². The molecule has 0 aliphatic carbocycles. The summed E-state index contributed by atoms with van der Waals surface area (Å²) in [6.07, 6.45) is 0.0797. The third kappa shape index (κ3) is 5.87. The van der Waals surface area contributed by atoms with Crippen molar-refractivity contribution in [3.05, 3.63) is 0 Å². The number of rotatable bonds is 8. The maximum absolute atomic E-state index is 11.1. The van der Waals surface area contributed by atoms with Crippen LogP contribution in [0, 0.1) is 0 Å². The van der Waals surface area contributed by atoms with Crippen molar-refractivity contribution < 1.29 is 19.0 Å². The molecule has 0 aliphatic heterocycles. The maximum Gasteiger partial charge on any atom is 0.265 e. The van der Waals surface area contributed by atoms with Crippen molar-refractivity contribution in [1.82, 2.24) is 5.43 Å². The van der Waals surface area contributed by atoms with Crippen LogP contribution in [0.2, 0.25) is 0 Å². The molecule has 0 aromatic carbocycles. The van der Waals surface area contributed by atoms with E-state index in [2.05, 4.69) is 0 Å². The highest BCUT2D eigenvalue weighted by atomic mass is 16.5. The second-order valence-corrected chi connectivity index (χ2v) is 2.67. The number of ether oxygens (including phenoxy) is 3. The second-order valence-electron chi connectivity index (χ2n) is 2.67. The molecule has 0 rings (SSSR count). The van der Waals surface area contributed by atoms with Gasteiger partial charge in [-0.25, -0.2) is 5.84 Å². The third-order valence-electron chi connectivity index (χ3n) is 1.56. The summed E-state index contributed by atoms with van der Waals surface area (Å²) in [4.78, 5) is 11.1. The molecule has 0 heterocycles. The van der Waals surface area contributed by atoms with Crippen LogP contribution in [0.1, 0.15) is 6.42 Å². The van der Waals surface area contributed by atoms with Gasteiger partial charge in [-0.2, -0.15) is 0 Å². The largest absolute Gasteiger partial charge is 0.385 e. The molecular formula is C8H18N2O4. The Hall–Kier alpha value is -0.690. The van der Waals surface area contributed by atoms with E-state index < -0.39 is 6.10 Å². The summed E-state index contributed by atoms with van der Waals surface area (Å²) in [5, 5.41) is 0. The van der Waals surface area contributed by atoms with Gasteiger partial charge >= 0.3 is 0 Å². The van der Waals surface area contributed by atoms with Crippen molar-refractivity contribution in [3.63, 3.8) is 0 Å². The summed E-state index contributed by atoms with van der Waals surface area (Å²) >= 11 is 0. The number of methoxy groups -OCH3 is 2. The Balaban J connectivity index is 3.67. The minimum Gasteiger partial charge on any atom is -0.385 e. The molecule has 3 N–H and O–H groups in total. The first kappa shape index (κ1) is 13.3. The Labute approximate surface area is 83.7 Å². The van der Waals surface area contributed by atoms with E-state index in [-0.39, 0.29) is 12.5 Å². The van der Waals surface area contributed by atoms with Gasteiger partial charge in [0.2, 0.25) is 0 Å². The van der Waals surface area contributed by atoms with E-state index in [1.165, 1.54) is 7.11 Å². The van der Waals surface area contributed by atoms with Crippen molar-refractivity contribution in [3.8, 4) is 0 Å². The SMILES string of the molecule is COCCCOC(COC)C(=O)NN. The monoisotopic (exact) mass is 206 g/mol. The molecule has 0 aliphatic rings. The maximum atomic E-state index is 11.1. The van der Waals surface area contributed by atoms with Crippen LogP contribution in [-0.4, -0.2) is 46.1 Å². The van der Waals surface area contributed by atoms with Gasteiger partial charge in [0.15, 0.2) is 6.10 Å². The van der Waals surface area contributed by atoms with Gasteiger partial charge in [0, 0.05) is 27.4 Å². The zero-order chi connectivity index (χ0) is 10.8. The number of carbonyl (C=O) groups excluding carboxylic acids is 1. The van der Waals surface area contributed by atoms with Gasteiger partial charge < -0.3 is 14.2 Å². The summed E-state index contributed by atoms with van der Waals surface area (Å²) in [5.74, 6) is 4.59. The smallest absolute Gasteiger partial charge is 0.265 e. The van der Waals surface area contributed by atoms with Crippen LogP contribution < -0.4 is 11.3 Å². The molecule has 1 amide bonds. The van der Waals surface area contributed by atoms with Gasteiger partial charge in [0.25, 0.3) is 5.91 Å². The average molecular weight is 206 g/mol. The van der Waals surface area contributed by atoms with Gasteiger partial charge in [0.1, 0.15) is 0 Å². The first-order valence-electron chi connectivity index (χ1n) is 4.36. The predicted molar refractivity (Wildman–Crippen MR) is 50.4 cm³/mol. The number of hydrogen-bond acceptors (Lipinski definition) is 5. The number of nitrogens with two attached hydrogens (primary N) is 1. The van der Waals surface area contributed by atoms with E-state index in [1.807, 2.05) is 5.43 Å². The van der Waals surface area contributed by atoms with Crippen LogP contribution >= 0.6 is 0 Å². The van der Waals surface area contributed by atoms with Crippen LogP contribution in [0.4, 0.5) is 0 Å². The number of carbonyl (C=O) groups is 1. The van der Waals surface area contributed by atoms with Crippen LogP contribution in [0.25, 0.3) is 0 Å². The lowest BCUT2D eigenvalue weighted by molar-refractivity contribution is -0.136. The van der Waals surface area contributed by atoms with E-state index in [4.69, 9.17) is 20.1 Å². The van der Waals surface area contributed by atoms with Crippen molar-refractivity contribution in [2.45, 2.75) is 12.5 Å². The second kappa shape index (κ2) is 8.89. The molecule has 0 saturated heterocycles. The Kier molecular flexibility index (Phi) is 8.45. The minimum absolute atomic E-state index is 0.190. The molecule has 6 heteroatoms. The number of hydrogen-bond donors (Lipinski definition) is 2. The molecular weight excluding hydrogens is 188 g/mol. The van der Waals surface area contributed by atoms with Crippen molar-refractivity contribution in [2.75, 3.05) is 34.0 Å². The molecule has 0 radical (unpaired) electrons. The van der Waals surface area contributed by atoms with Crippen molar-refractivity contribution in [2.24, 2.45) is 5.84 Å². The highest BCUT2D eigenvalue weighted by Gasteiger charge is 2.17. The van der Waals surface area contributed by atoms with Crippen molar-refractivity contribution >= 4 is 5.91 Å². The third-order valence-corrected chi connectivity index (χ3v) is 1.56. The van der Waals surface area contributed by atoms with Gasteiger partial charge in [-0.1, -0.05) is 0 Å². The molecule has 0 spiro atoms. The summed E-state index contributed by atoms with van der Waals surface area (Å²) in [6.45, 7) is 1.23. The summed E-state index contributed by atoms with van der Waals surface area (Å²) < 4.78 is 14.9. The lowest BCUT2D eigenvalue weighted by Gasteiger charge is -2.14. The summed E-state index contributed by atoms with van der Waals surface area (Å²) in [7, 11) is 3.11. The lowest BCUT2D eigenvalue weighted by Crippen LogP contribution is -2.43. The fraction of sp³-hybridized carbons (Fsp3) is 0.875. The Morgan fingerprint density at radius 1 is 1.36 bits per heavy atom. The molecule has 6 nitrogen and oxygen atoms in total. The topological polar surface area (TPSA) is 82.8 Å². The molecule has 0 fully saturated rings. The zero-order valence-electron chi connectivity index (χ0n) is 8.62. The molecule has 1 unspecified atom stereocenters.